The number of benzene rings is 1. The number of aliphatic carboxylic acids is 1. The van der Waals surface area contributed by atoms with Crippen molar-refractivity contribution in [3.8, 4) is 0 Å². The second-order valence-electron chi connectivity index (χ2n) is 3.77. The molecular formula is C13H15F2NO2. The molecular weight excluding hydrogens is 240 g/mol. The highest BCUT2D eigenvalue weighted by Gasteiger charge is 2.03. The molecule has 0 aliphatic rings. The van der Waals surface area contributed by atoms with Crippen molar-refractivity contribution >= 4 is 5.97 Å². The third-order valence-corrected chi connectivity index (χ3v) is 2.46. The van der Waals surface area contributed by atoms with Gasteiger partial charge in [0.25, 0.3) is 0 Å². The minimum Gasteiger partial charge on any atom is -0.478 e. The van der Waals surface area contributed by atoms with Gasteiger partial charge in [-0.05, 0) is 24.1 Å². The topological polar surface area (TPSA) is 49.3 Å². The fraction of sp³-hybridized carbons (Fsp3) is 0.308. The molecule has 1 aromatic carbocycles. The molecule has 2 N–H and O–H groups in total. The predicted octanol–water partition coefficient (Wildman–Crippen LogP) is 2.48. The summed E-state index contributed by atoms with van der Waals surface area (Å²) in [6, 6.07) is 3.66. The summed E-state index contributed by atoms with van der Waals surface area (Å²) in [5, 5.41) is 11.7. The van der Waals surface area contributed by atoms with Crippen LogP contribution in [0.4, 0.5) is 8.78 Å². The number of carboxylic acid groups (broad SMARTS) is 1. The minimum atomic E-state index is -0.938. The molecule has 0 aliphatic carbocycles. The van der Waals surface area contributed by atoms with Crippen molar-refractivity contribution in [2.24, 2.45) is 0 Å². The van der Waals surface area contributed by atoms with Crippen LogP contribution in [0.2, 0.25) is 0 Å². The fourth-order valence-electron chi connectivity index (χ4n) is 1.44. The molecule has 0 aromatic heterocycles. The van der Waals surface area contributed by atoms with Crippen LogP contribution in [0.1, 0.15) is 18.9 Å². The summed E-state index contributed by atoms with van der Waals surface area (Å²) in [5.74, 6) is -2.70. The van der Waals surface area contributed by atoms with Crippen LogP contribution in [0.25, 0.3) is 0 Å². The molecule has 0 aliphatic heterocycles. The van der Waals surface area contributed by atoms with Gasteiger partial charge in [0.1, 0.15) is 0 Å². The molecule has 0 heterocycles. The Morgan fingerprint density at radius 1 is 1.39 bits per heavy atom. The van der Waals surface area contributed by atoms with E-state index in [0.717, 1.165) is 12.1 Å². The number of rotatable bonds is 6. The molecule has 0 saturated carbocycles. The molecule has 0 unspecified atom stereocenters. The first kappa shape index (κ1) is 14.3. The third-order valence-electron chi connectivity index (χ3n) is 2.46. The molecule has 1 aromatic rings. The maximum atomic E-state index is 12.9. The number of carbonyl (C=O) groups is 1. The van der Waals surface area contributed by atoms with E-state index in [9.17, 15) is 13.6 Å². The van der Waals surface area contributed by atoms with Crippen molar-refractivity contribution in [3.63, 3.8) is 0 Å². The second-order valence-corrected chi connectivity index (χ2v) is 3.77. The van der Waals surface area contributed by atoms with Crippen molar-refractivity contribution < 1.29 is 18.7 Å². The molecule has 1 rings (SSSR count). The van der Waals surface area contributed by atoms with Crippen LogP contribution < -0.4 is 5.32 Å². The lowest BCUT2D eigenvalue weighted by Gasteiger charge is -2.04. The van der Waals surface area contributed by atoms with E-state index in [1.54, 1.807) is 13.0 Å². The molecule has 18 heavy (non-hydrogen) atoms. The monoisotopic (exact) mass is 255 g/mol. The van der Waals surface area contributed by atoms with Crippen LogP contribution in [0, 0.1) is 11.6 Å². The maximum Gasteiger partial charge on any atom is 0.331 e. The summed E-state index contributed by atoms with van der Waals surface area (Å²) in [7, 11) is 0. The first-order valence-electron chi connectivity index (χ1n) is 5.61. The molecule has 0 bridgehead atoms. The first-order valence-corrected chi connectivity index (χ1v) is 5.61. The van der Waals surface area contributed by atoms with Gasteiger partial charge in [-0.1, -0.05) is 19.1 Å². The average Bonchev–Trinajstić information content (AvgIpc) is 2.33. The zero-order valence-corrected chi connectivity index (χ0v) is 10.0. The standard InChI is InChI=1S/C13H15F2NO2/c1-2-10(13(17)18)5-6-16-8-9-3-4-11(14)12(15)7-9/h3-5,7,16H,2,6,8H2,1H3,(H,17,18)/b10-5-. The molecule has 0 fully saturated rings. The Bertz CT molecular complexity index is 458. The molecule has 3 nitrogen and oxygen atoms in total. The summed E-state index contributed by atoms with van der Waals surface area (Å²) in [6.45, 7) is 2.48. The average molecular weight is 255 g/mol. The van der Waals surface area contributed by atoms with E-state index in [0.29, 0.717) is 30.6 Å². The van der Waals surface area contributed by atoms with E-state index in [-0.39, 0.29) is 0 Å². The van der Waals surface area contributed by atoms with Crippen molar-refractivity contribution in [2.45, 2.75) is 19.9 Å². The van der Waals surface area contributed by atoms with Crippen LogP contribution in [-0.4, -0.2) is 17.6 Å². The predicted molar refractivity (Wildman–Crippen MR) is 64.1 cm³/mol. The highest BCUT2D eigenvalue weighted by Crippen LogP contribution is 2.08. The van der Waals surface area contributed by atoms with Gasteiger partial charge in [-0.25, -0.2) is 13.6 Å². The van der Waals surface area contributed by atoms with E-state index < -0.39 is 17.6 Å². The quantitative estimate of drug-likeness (QED) is 0.606. The van der Waals surface area contributed by atoms with Gasteiger partial charge in [-0.2, -0.15) is 0 Å². The van der Waals surface area contributed by atoms with Crippen LogP contribution in [0.5, 0.6) is 0 Å². The molecule has 0 radical (unpaired) electrons. The molecule has 98 valence electrons. The van der Waals surface area contributed by atoms with Gasteiger partial charge in [0.2, 0.25) is 0 Å². The molecule has 0 saturated heterocycles. The Morgan fingerprint density at radius 3 is 2.67 bits per heavy atom. The second kappa shape index (κ2) is 6.86. The maximum absolute atomic E-state index is 12.9. The molecule has 0 amide bonds. The van der Waals surface area contributed by atoms with Gasteiger partial charge >= 0.3 is 5.97 Å². The number of carboxylic acids is 1. The zero-order chi connectivity index (χ0) is 13.5. The van der Waals surface area contributed by atoms with Crippen molar-refractivity contribution in [1.82, 2.24) is 5.32 Å². The molecule has 0 atom stereocenters. The van der Waals surface area contributed by atoms with E-state index in [1.807, 2.05) is 0 Å². The summed E-state index contributed by atoms with van der Waals surface area (Å²) in [4.78, 5) is 10.7. The zero-order valence-electron chi connectivity index (χ0n) is 10.0. The van der Waals surface area contributed by atoms with Gasteiger partial charge in [0.05, 0.1) is 0 Å². The smallest absolute Gasteiger partial charge is 0.331 e. The van der Waals surface area contributed by atoms with Crippen LogP contribution in [0.3, 0.4) is 0 Å². The Hall–Kier alpha value is -1.75. The van der Waals surface area contributed by atoms with Gasteiger partial charge in [-0.15, -0.1) is 0 Å². The fourth-order valence-corrected chi connectivity index (χ4v) is 1.44. The number of halogens is 2. The third kappa shape index (κ3) is 4.25. The SMILES string of the molecule is CC/C(=C/CNCc1ccc(F)c(F)c1)C(=O)O. The van der Waals surface area contributed by atoms with Crippen molar-refractivity contribution in [3.05, 3.63) is 47.0 Å². The Labute approximate surface area is 104 Å². The largest absolute Gasteiger partial charge is 0.478 e. The minimum absolute atomic E-state index is 0.327. The lowest BCUT2D eigenvalue weighted by atomic mass is 10.2. The Morgan fingerprint density at radius 2 is 2.11 bits per heavy atom. The van der Waals surface area contributed by atoms with Gasteiger partial charge < -0.3 is 10.4 Å². The summed E-state index contributed by atoms with van der Waals surface area (Å²) in [6.07, 6.45) is 2.02. The van der Waals surface area contributed by atoms with E-state index in [2.05, 4.69) is 5.32 Å². The van der Waals surface area contributed by atoms with Crippen LogP contribution in [-0.2, 0) is 11.3 Å². The van der Waals surface area contributed by atoms with Crippen molar-refractivity contribution in [2.75, 3.05) is 6.54 Å². The highest BCUT2D eigenvalue weighted by atomic mass is 19.2. The highest BCUT2D eigenvalue weighted by molar-refractivity contribution is 5.86. The van der Waals surface area contributed by atoms with Crippen LogP contribution >= 0.6 is 0 Å². The Kier molecular flexibility index (Phi) is 5.45. The van der Waals surface area contributed by atoms with Crippen LogP contribution in [0.15, 0.2) is 29.8 Å². The summed E-state index contributed by atoms with van der Waals surface area (Å²) >= 11 is 0. The number of nitrogens with one attached hydrogen (secondary N) is 1. The number of hydrogen-bond donors (Lipinski definition) is 2. The number of hydrogen-bond acceptors (Lipinski definition) is 2. The van der Waals surface area contributed by atoms with E-state index in [4.69, 9.17) is 5.11 Å². The summed E-state index contributed by atoms with van der Waals surface area (Å²) in [5.41, 5.74) is 0.934. The lowest BCUT2D eigenvalue weighted by Crippen LogP contribution is -2.14. The summed E-state index contributed by atoms with van der Waals surface area (Å²) < 4.78 is 25.5. The molecule has 0 spiro atoms. The van der Waals surface area contributed by atoms with Gasteiger partial charge in [-0.3, -0.25) is 0 Å². The van der Waals surface area contributed by atoms with Gasteiger partial charge in [0.15, 0.2) is 11.6 Å². The Balaban J connectivity index is 2.46. The lowest BCUT2D eigenvalue weighted by molar-refractivity contribution is -0.132. The van der Waals surface area contributed by atoms with E-state index in [1.165, 1.54) is 6.07 Å². The van der Waals surface area contributed by atoms with Crippen molar-refractivity contribution in [1.29, 1.82) is 0 Å². The first-order chi connectivity index (χ1) is 8.54. The molecule has 5 heteroatoms. The van der Waals surface area contributed by atoms with Gasteiger partial charge in [0, 0.05) is 18.7 Å². The van der Waals surface area contributed by atoms with E-state index >= 15 is 0 Å². The normalized spacial score (nSPS) is 11.6.